The van der Waals surface area contributed by atoms with Crippen LogP contribution in [0.25, 0.3) is 0 Å². The lowest BCUT2D eigenvalue weighted by atomic mass is 9.77. The van der Waals surface area contributed by atoms with Crippen molar-refractivity contribution in [2.24, 2.45) is 11.3 Å². The largest absolute Gasteiger partial charge is 0.227 e. The highest BCUT2D eigenvalue weighted by molar-refractivity contribution is 4.78. The molecule has 0 N–H and O–H groups in total. The summed E-state index contributed by atoms with van der Waals surface area (Å²) in [6.07, 6.45) is 6.61. The van der Waals surface area contributed by atoms with E-state index in [0.717, 1.165) is 0 Å². The third-order valence-electron chi connectivity index (χ3n) is 3.02. The topological polar surface area (TPSA) is 25.1 Å². The lowest BCUT2D eigenvalue weighted by Crippen LogP contribution is -2.25. The smallest absolute Gasteiger partial charge is 0.198 e. The van der Waals surface area contributed by atoms with E-state index < -0.39 is 0 Å². The molecule has 0 aromatic rings. The van der Waals surface area contributed by atoms with E-state index in [9.17, 15) is 0 Å². The van der Waals surface area contributed by atoms with Crippen LogP contribution in [0.1, 0.15) is 59.8 Å². The van der Waals surface area contributed by atoms with Crippen molar-refractivity contribution < 1.29 is 9.78 Å². The summed E-state index contributed by atoms with van der Waals surface area (Å²) < 4.78 is 0. The maximum atomic E-state index is 4.95. The Morgan fingerprint density at radius 2 is 1.71 bits per heavy atom. The number of rotatable bonds is 6. The van der Waals surface area contributed by atoms with Crippen molar-refractivity contribution in [1.82, 2.24) is 0 Å². The zero-order chi connectivity index (χ0) is 10.6. The van der Waals surface area contributed by atoms with Gasteiger partial charge in [0.1, 0.15) is 0 Å². The fraction of sp³-hybridized carbons (Fsp3) is 1.00. The summed E-state index contributed by atoms with van der Waals surface area (Å²) in [5, 5.41) is 0. The van der Waals surface area contributed by atoms with E-state index in [1.165, 1.54) is 32.1 Å². The lowest BCUT2D eigenvalue weighted by Gasteiger charge is -2.27. The first-order valence-corrected chi connectivity index (χ1v) is 5.88. The van der Waals surface area contributed by atoms with Gasteiger partial charge in [0.2, 0.25) is 6.29 Å². The first-order chi connectivity index (χ1) is 6.55. The van der Waals surface area contributed by atoms with Gasteiger partial charge in [-0.25, -0.2) is 0 Å². The van der Waals surface area contributed by atoms with E-state index in [1.54, 1.807) is 0 Å². The van der Waals surface area contributed by atoms with Gasteiger partial charge < -0.3 is 0 Å². The van der Waals surface area contributed by atoms with Gasteiger partial charge in [0.05, 0.1) is 0 Å². The highest BCUT2D eigenvalue weighted by atomic mass is 17.4. The molecule has 0 saturated carbocycles. The normalized spacial score (nSPS) is 19.7. The molecular weight excluding hydrogens is 176 g/mol. The molecule has 84 valence electrons. The molecule has 0 spiro atoms. The SMILES string of the molecule is CCCCCCC(C1OO1)C(C)(C)C. The van der Waals surface area contributed by atoms with E-state index >= 15 is 0 Å². The summed E-state index contributed by atoms with van der Waals surface area (Å²) in [4.78, 5) is 9.91. The lowest BCUT2D eigenvalue weighted by molar-refractivity contribution is 0.0850. The van der Waals surface area contributed by atoms with Crippen molar-refractivity contribution in [3.63, 3.8) is 0 Å². The molecule has 0 aliphatic carbocycles. The van der Waals surface area contributed by atoms with Crippen LogP contribution in [-0.4, -0.2) is 6.29 Å². The Balaban J connectivity index is 2.22. The number of unbranched alkanes of at least 4 members (excludes halogenated alkanes) is 3. The summed E-state index contributed by atoms with van der Waals surface area (Å²) in [6, 6.07) is 0. The molecule has 1 aliphatic heterocycles. The molecule has 1 atom stereocenters. The molecule has 0 aromatic carbocycles. The van der Waals surface area contributed by atoms with Gasteiger partial charge in [-0.3, -0.25) is 0 Å². The zero-order valence-electron chi connectivity index (χ0n) is 10.0. The summed E-state index contributed by atoms with van der Waals surface area (Å²) in [5.41, 5.74) is 0.299. The second kappa shape index (κ2) is 5.13. The van der Waals surface area contributed by atoms with Gasteiger partial charge in [-0.1, -0.05) is 53.4 Å². The maximum Gasteiger partial charge on any atom is 0.227 e. The molecule has 1 rings (SSSR count). The first-order valence-electron chi connectivity index (χ1n) is 5.88. The molecule has 1 saturated heterocycles. The monoisotopic (exact) mass is 200 g/mol. The van der Waals surface area contributed by atoms with Crippen molar-refractivity contribution in [3.8, 4) is 0 Å². The van der Waals surface area contributed by atoms with Crippen LogP contribution in [0.5, 0.6) is 0 Å². The molecule has 0 amide bonds. The molecular formula is C12H24O2. The van der Waals surface area contributed by atoms with Crippen LogP contribution >= 0.6 is 0 Å². The number of hydrogen-bond donors (Lipinski definition) is 0. The van der Waals surface area contributed by atoms with E-state index in [4.69, 9.17) is 9.78 Å². The van der Waals surface area contributed by atoms with Gasteiger partial charge in [-0.05, 0) is 11.8 Å². The Kier molecular flexibility index (Phi) is 4.39. The second-order valence-corrected chi connectivity index (χ2v) is 5.38. The predicted octanol–water partition coefficient (Wildman–Crippen LogP) is 3.91. The van der Waals surface area contributed by atoms with Crippen LogP contribution in [0.3, 0.4) is 0 Å². The van der Waals surface area contributed by atoms with Crippen molar-refractivity contribution in [1.29, 1.82) is 0 Å². The second-order valence-electron chi connectivity index (χ2n) is 5.38. The molecule has 2 nitrogen and oxygen atoms in total. The van der Waals surface area contributed by atoms with Crippen LogP contribution in [0.15, 0.2) is 0 Å². The Labute approximate surface area is 87.9 Å². The van der Waals surface area contributed by atoms with Crippen LogP contribution in [0.4, 0.5) is 0 Å². The van der Waals surface area contributed by atoms with Crippen LogP contribution in [-0.2, 0) is 9.78 Å². The minimum atomic E-state index is 0.0802. The quantitative estimate of drug-likeness (QED) is 0.369. The highest BCUT2D eigenvalue weighted by Gasteiger charge is 2.42. The fourth-order valence-electron chi connectivity index (χ4n) is 1.93. The molecule has 0 aromatic heterocycles. The standard InChI is InChI=1S/C12H24O2/c1-5-6-7-8-9-10(11-13-14-11)12(2,3)4/h10-11H,5-9H2,1-4H3. The van der Waals surface area contributed by atoms with E-state index in [0.29, 0.717) is 11.3 Å². The molecule has 1 aliphatic rings. The minimum absolute atomic E-state index is 0.0802. The average molecular weight is 200 g/mol. The van der Waals surface area contributed by atoms with Crippen LogP contribution < -0.4 is 0 Å². The van der Waals surface area contributed by atoms with Gasteiger partial charge in [0.15, 0.2) is 0 Å². The molecule has 1 heterocycles. The summed E-state index contributed by atoms with van der Waals surface area (Å²) in [7, 11) is 0. The van der Waals surface area contributed by atoms with Crippen molar-refractivity contribution in [2.45, 2.75) is 66.1 Å². The third kappa shape index (κ3) is 3.97. The van der Waals surface area contributed by atoms with E-state index in [1.807, 2.05) is 0 Å². The molecule has 2 heteroatoms. The van der Waals surface area contributed by atoms with Gasteiger partial charge in [-0.15, -0.1) is 0 Å². The third-order valence-corrected chi connectivity index (χ3v) is 3.02. The highest BCUT2D eigenvalue weighted by Crippen LogP contribution is 2.39. The minimum Gasteiger partial charge on any atom is -0.198 e. The average Bonchev–Trinajstić information content (AvgIpc) is 2.85. The van der Waals surface area contributed by atoms with Gasteiger partial charge >= 0.3 is 0 Å². The van der Waals surface area contributed by atoms with Crippen molar-refractivity contribution >= 4 is 0 Å². The molecule has 14 heavy (non-hydrogen) atoms. The summed E-state index contributed by atoms with van der Waals surface area (Å²) >= 11 is 0. The van der Waals surface area contributed by atoms with E-state index in [-0.39, 0.29) is 6.29 Å². The van der Waals surface area contributed by atoms with Gasteiger partial charge in [0, 0.05) is 5.92 Å². The molecule has 0 bridgehead atoms. The maximum absolute atomic E-state index is 4.95. The fourth-order valence-corrected chi connectivity index (χ4v) is 1.93. The van der Waals surface area contributed by atoms with Gasteiger partial charge in [0.25, 0.3) is 0 Å². The Morgan fingerprint density at radius 1 is 1.07 bits per heavy atom. The molecule has 1 unspecified atom stereocenters. The van der Waals surface area contributed by atoms with Gasteiger partial charge in [-0.2, -0.15) is 9.78 Å². The Morgan fingerprint density at radius 3 is 2.14 bits per heavy atom. The zero-order valence-corrected chi connectivity index (χ0v) is 10.0. The summed E-state index contributed by atoms with van der Waals surface area (Å²) in [5.74, 6) is 0.555. The van der Waals surface area contributed by atoms with Crippen LogP contribution in [0, 0.1) is 11.3 Å². The van der Waals surface area contributed by atoms with Crippen molar-refractivity contribution in [3.05, 3.63) is 0 Å². The molecule has 1 fully saturated rings. The Hall–Kier alpha value is -0.0800. The molecule has 0 radical (unpaired) electrons. The van der Waals surface area contributed by atoms with Crippen molar-refractivity contribution in [2.75, 3.05) is 0 Å². The van der Waals surface area contributed by atoms with E-state index in [2.05, 4.69) is 27.7 Å². The van der Waals surface area contributed by atoms with Crippen LogP contribution in [0.2, 0.25) is 0 Å². The Bertz CT molecular complexity index is 156. The number of hydrogen-bond acceptors (Lipinski definition) is 2. The first kappa shape index (κ1) is 12.0. The summed E-state index contributed by atoms with van der Waals surface area (Å²) in [6.45, 7) is 9.04. The predicted molar refractivity (Wildman–Crippen MR) is 57.7 cm³/mol.